The molecular weight excluding hydrogens is 237 g/mol. The molecule has 1 aromatic carbocycles. The molecule has 1 saturated carbocycles. The largest absolute Gasteiger partial charge is 0.310 e. The molecule has 1 fully saturated rings. The van der Waals surface area contributed by atoms with Crippen molar-refractivity contribution in [2.24, 2.45) is 5.92 Å². The average Bonchev–Trinajstić information content (AvgIpc) is 2.22. The normalized spacial score (nSPS) is 17.8. The first-order valence-electron chi connectivity index (χ1n) is 6.40. The molecule has 1 unspecified atom stereocenters. The van der Waals surface area contributed by atoms with Crippen LogP contribution in [0.4, 0.5) is 4.39 Å². The zero-order valence-electron chi connectivity index (χ0n) is 10.2. The van der Waals surface area contributed by atoms with Crippen molar-refractivity contribution in [1.29, 1.82) is 0 Å². The van der Waals surface area contributed by atoms with Gasteiger partial charge < -0.3 is 5.32 Å². The van der Waals surface area contributed by atoms with Gasteiger partial charge >= 0.3 is 0 Å². The van der Waals surface area contributed by atoms with Gasteiger partial charge in [0, 0.05) is 11.1 Å². The Morgan fingerprint density at radius 1 is 1.47 bits per heavy atom. The molecule has 0 heterocycles. The first kappa shape index (κ1) is 12.8. The van der Waals surface area contributed by atoms with E-state index in [0.29, 0.717) is 10.9 Å². The summed E-state index contributed by atoms with van der Waals surface area (Å²) in [6.07, 6.45) is 4.89. The summed E-state index contributed by atoms with van der Waals surface area (Å²) in [5.41, 5.74) is 1.05. The highest BCUT2D eigenvalue weighted by atomic mass is 35.5. The molecule has 94 valence electrons. The topological polar surface area (TPSA) is 12.0 Å². The quantitative estimate of drug-likeness (QED) is 0.826. The van der Waals surface area contributed by atoms with Crippen LogP contribution in [0.2, 0.25) is 5.02 Å². The van der Waals surface area contributed by atoms with Gasteiger partial charge in [0.15, 0.2) is 0 Å². The molecule has 0 bridgehead atoms. The Kier molecular flexibility index (Phi) is 4.41. The lowest BCUT2D eigenvalue weighted by atomic mass is 9.77. The Balaban J connectivity index is 2.17. The van der Waals surface area contributed by atoms with E-state index in [4.69, 9.17) is 11.6 Å². The smallest absolute Gasteiger partial charge is 0.124 e. The highest BCUT2D eigenvalue weighted by Crippen LogP contribution is 2.39. The van der Waals surface area contributed by atoms with Crippen LogP contribution in [0, 0.1) is 11.7 Å². The molecule has 0 radical (unpaired) electrons. The predicted molar refractivity (Wildman–Crippen MR) is 69.8 cm³/mol. The molecule has 1 aromatic rings. The summed E-state index contributed by atoms with van der Waals surface area (Å²) in [5, 5.41) is 4.09. The monoisotopic (exact) mass is 255 g/mol. The van der Waals surface area contributed by atoms with Crippen molar-refractivity contribution in [3.05, 3.63) is 34.6 Å². The van der Waals surface area contributed by atoms with Crippen LogP contribution in [0.25, 0.3) is 0 Å². The first-order valence-corrected chi connectivity index (χ1v) is 6.78. The molecule has 0 saturated heterocycles. The van der Waals surface area contributed by atoms with Crippen LogP contribution in [0.15, 0.2) is 18.2 Å². The zero-order valence-corrected chi connectivity index (χ0v) is 10.9. The predicted octanol–water partition coefficient (Wildman–Crippen LogP) is 4.32. The third-order valence-corrected chi connectivity index (χ3v) is 3.86. The summed E-state index contributed by atoms with van der Waals surface area (Å²) in [5.74, 6) is 0.395. The van der Waals surface area contributed by atoms with Crippen LogP contribution in [-0.4, -0.2) is 6.54 Å². The Bertz CT molecular complexity index is 376. The lowest BCUT2D eigenvalue weighted by Gasteiger charge is -2.35. The second kappa shape index (κ2) is 5.83. The first-order chi connectivity index (χ1) is 8.22. The summed E-state index contributed by atoms with van der Waals surface area (Å²) >= 11 is 6.15. The van der Waals surface area contributed by atoms with Gasteiger partial charge in [0.05, 0.1) is 0 Å². The SMILES string of the molecule is CCCNC(c1ccc(F)cc1Cl)C1CCC1. The van der Waals surface area contributed by atoms with E-state index in [-0.39, 0.29) is 11.9 Å². The van der Waals surface area contributed by atoms with Gasteiger partial charge in [0.1, 0.15) is 5.82 Å². The number of rotatable bonds is 5. The van der Waals surface area contributed by atoms with Crippen LogP contribution < -0.4 is 5.32 Å². The van der Waals surface area contributed by atoms with Crippen molar-refractivity contribution >= 4 is 11.6 Å². The lowest BCUT2D eigenvalue weighted by molar-refractivity contribution is 0.231. The van der Waals surface area contributed by atoms with Crippen molar-refractivity contribution in [3.63, 3.8) is 0 Å². The molecule has 17 heavy (non-hydrogen) atoms. The summed E-state index contributed by atoms with van der Waals surface area (Å²) in [6, 6.07) is 5.02. The third kappa shape index (κ3) is 2.99. The zero-order chi connectivity index (χ0) is 12.3. The van der Waals surface area contributed by atoms with Crippen molar-refractivity contribution in [3.8, 4) is 0 Å². The van der Waals surface area contributed by atoms with Crippen molar-refractivity contribution < 1.29 is 4.39 Å². The summed E-state index contributed by atoms with van der Waals surface area (Å²) in [4.78, 5) is 0. The van der Waals surface area contributed by atoms with E-state index in [1.807, 2.05) is 6.07 Å². The summed E-state index contributed by atoms with van der Waals surface area (Å²) < 4.78 is 13.1. The molecule has 1 aliphatic rings. The van der Waals surface area contributed by atoms with Crippen LogP contribution >= 0.6 is 11.6 Å². The molecular formula is C14H19ClFN. The second-order valence-corrected chi connectivity index (χ2v) is 5.20. The molecule has 1 atom stereocenters. The fourth-order valence-electron chi connectivity index (χ4n) is 2.36. The Morgan fingerprint density at radius 2 is 2.24 bits per heavy atom. The van der Waals surface area contributed by atoms with Gasteiger partial charge in [-0.05, 0) is 49.4 Å². The maximum Gasteiger partial charge on any atom is 0.124 e. The van der Waals surface area contributed by atoms with E-state index in [9.17, 15) is 4.39 Å². The van der Waals surface area contributed by atoms with E-state index in [0.717, 1.165) is 18.5 Å². The molecule has 1 nitrogen and oxygen atoms in total. The summed E-state index contributed by atoms with van der Waals surface area (Å²) in [6.45, 7) is 3.13. The van der Waals surface area contributed by atoms with Gasteiger partial charge in [-0.25, -0.2) is 4.39 Å². The molecule has 0 amide bonds. The molecule has 1 N–H and O–H groups in total. The maximum absolute atomic E-state index is 13.1. The van der Waals surface area contributed by atoms with Crippen molar-refractivity contribution in [2.45, 2.75) is 38.6 Å². The van der Waals surface area contributed by atoms with E-state index in [1.165, 1.54) is 31.4 Å². The van der Waals surface area contributed by atoms with Crippen LogP contribution in [0.5, 0.6) is 0 Å². The Hall–Kier alpha value is -0.600. The lowest BCUT2D eigenvalue weighted by Crippen LogP contribution is -2.32. The number of benzene rings is 1. The van der Waals surface area contributed by atoms with Crippen LogP contribution in [-0.2, 0) is 0 Å². The van der Waals surface area contributed by atoms with Crippen molar-refractivity contribution in [2.75, 3.05) is 6.54 Å². The Labute approximate surface area is 107 Å². The number of hydrogen-bond acceptors (Lipinski definition) is 1. The van der Waals surface area contributed by atoms with Gasteiger partial charge in [0.2, 0.25) is 0 Å². The van der Waals surface area contributed by atoms with Crippen LogP contribution in [0.3, 0.4) is 0 Å². The molecule has 0 spiro atoms. The standard InChI is InChI=1S/C14H19ClFN/c1-2-8-17-14(10-4-3-5-10)12-7-6-11(16)9-13(12)15/h6-7,9-10,14,17H,2-5,8H2,1H3. The summed E-state index contributed by atoms with van der Waals surface area (Å²) in [7, 11) is 0. The number of hydrogen-bond donors (Lipinski definition) is 1. The molecule has 1 aliphatic carbocycles. The van der Waals surface area contributed by atoms with Crippen LogP contribution in [0.1, 0.15) is 44.2 Å². The highest BCUT2D eigenvalue weighted by molar-refractivity contribution is 6.31. The Morgan fingerprint density at radius 3 is 2.76 bits per heavy atom. The highest BCUT2D eigenvalue weighted by Gasteiger charge is 2.29. The van der Waals surface area contributed by atoms with E-state index in [2.05, 4.69) is 12.2 Å². The van der Waals surface area contributed by atoms with Gasteiger partial charge in [-0.3, -0.25) is 0 Å². The minimum Gasteiger partial charge on any atom is -0.310 e. The second-order valence-electron chi connectivity index (χ2n) is 4.79. The number of nitrogens with one attached hydrogen (secondary N) is 1. The minimum atomic E-state index is -0.262. The van der Waals surface area contributed by atoms with Gasteiger partial charge in [-0.15, -0.1) is 0 Å². The molecule has 3 heteroatoms. The van der Waals surface area contributed by atoms with E-state index in [1.54, 1.807) is 0 Å². The van der Waals surface area contributed by atoms with E-state index >= 15 is 0 Å². The van der Waals surface area contributed by atoms with Crippen molar-refractivity contribution in [1.82, 2.24) is 5.32 Å². The van der Waals surface area contributed by atoms with E-state index < -0.39 is 0 Å². The molecule has 2 rings (SSSR count). The fourth-order valence-corrected chi connectivity index (χ4v) is 2.64. The molecule has 0 aliphatic heterocycles. The van der Waals surface area contributed by atoms with Gasteiger partial charge in [-0.1, -0.05) is 31.0 Å². The third-order valence-electron chi connectivity index (χ3n) is 3.53. The van der Waals surface area contributed by atoms with Gasteiger partial charge in [-0.2, -0.15) is 0 Å². The van der Waals surface area contributed by atoms with Gasteiger partial charge in [0.25, 0.3) is 0 Å². The maximum atomic E-state index is 13.1. The average molecular weight is 256 g/mol. The fraction of sp³-hybridized carbons (Fsp3) is 0.571. The molecule has 0 aromatic heterocycles. The number of halogens is 2. The minimum absolute atomic E-state index is 0.262.